The normalized spacial score (nSPS) is 20.9. The molecule has 6 heteroatoms. The van der Waals surface area contributed by atoms with Gasteiger partial charge in [-0.15, -0.1) is 0 Å². The molecular weight excluding hydrogens is 272 g/mol. The first-order valence-electron chi connectivity index (χ1n) is 7.50. The topological polar surface area (TPSA) is 74.0 Å². The molecule has 0 spiro atoms. The van der Waals surface area contributed by atoms with Crippen molar-refractivity contribution < 1.29 is 19.1 Å². The van der Waals surface area contributed by atoms with Gasteiger partial charge in [-0.05, 0) is 12.8 Å². The lowest BCUT2D eigenvalue weighted by atomic mass is 10.1. The SMILES string of the molecule is O=C(O)c1coc(C(=O)N2CCN(C3CCCC3)CC2)c1. The van der Waals surface area contributed by atoms with Crippen molar-refractivity contribution in [2.75, 3.05) is 26.2 Å². The molecule has 1 amide bonds. The van der Waals surface area contributed by atoms with Gasteiger partial charge in [0.15, 0.2) is 5.76 Å². The first-order chi connectivity index (χ1) is 10.1. The molecule has 0 unspecified atom stereocenters. The van der Waals surface area contributed by atoms with Gasteiger partial charge >= 0.3 is 5.97 Å². The second-order valence-electron chi connectivity index (χ2n) is 5.77. The van der Waals surface area contributed by atoms with Crippen molar-refractivity contribution in [2.24, 2.45) is 0 Å². The largest absolute Gasteiger partial charge is 0.478 e. The van der Waals surface area contributed by atoms with E-state index in [4.69, 9.17) is 9.52 Å². The molecule has 2 heterocycles. The molecule has 0 aromatic carbocycles. The van der Waals surface area contributed by atoms with Crippen LogP contribution in [0.3, 0.4) is 0 Å². The van der Waals surface area contributed by atoms with Gasteiger partial charge in [0.2, 0.25) is 0 Å². The van der Waals surface area contributed by atoms with E-state index in [1.165, 1.54) is 31.7 Å². The molecule has 1 aliphatic carbocycles. The zero-order valence-electron chi connectivity index (χ0n) is 12.0. The number of amides is 1. The van der Waals surface area contributed by atoms with Crippen molar-refractivity contribution in [1.82, 2.24) is 9.80 Å². The van der Waals surface area contributed by atoms with E-state index in [0.717, 1.165) is 19.4 Å². The summed E-state index contributed by atoms with van der Waals surface area (Å²) in [4.78, 5) is 27.3. The molecule has 1 N–H and O–H groups in total. The van der Waals surface area contributed by atoms with E-state index in [2.05, 4.69) is 4.90 Å². The summed E-state index contributed by atoms with van der Waals surface area (Å²) in [6.07, 6.45) is 6.29. The minimum absolute atomic E-state index is 0.0166. The van der Waals surface area contributed by atoms with Crippen LogP contribution in [0.15, 0.2) is 16.7 Å². The Bertz CT molecular complexity index is 526. The summed E-state index contributed by atoms with van der Waals surface area (Å²) in [6.45, 7) is 3.14. The number of carboxylic acid groups (broad SMARTS) is 1. The Morgan fingerprint density at radius 1 is 1.14 bits per heavy atom. The van der Waals surface area contributed by atoms with Crippen LogP contribution >= 0.6 is 0 Å². The number of carbonyl (C=O) groups excluding carboxylic acids is 1. The van der Waals surface area contributed by atoms with Gasteiger partial charge in [-0.3, -0.25) is 9.69 Å². The lowest BCUT2D eigenvalue weighted by molar-refractivity contribution is 0.0544. The van der Waals surface area contributed by atoms with Crippen LogP contribution in [0.1, 0.15) is 46.6 Å². The molecule has 1 aliphatic heterocycles. The average molecular weight is 292 g/mol. The first kappa shape index (κ1) is 14.1. The summed E-state index contributed by atoms with van der Waals surface area (Å²) in [6, 6.07) is 1.98. The number of piperazine rings is 1. The molecule has 6 nitrogen and oxygen atoms in total. The summed E-state index contributed by atoms with van der Waals surface area (Å²) >= 11 is 0. The molecule has 2 fully saturated rings. The minimum atomic E-state index is -1.08. The summed E-state index contributed by atoms with van der Waals surface area (Å²) in [5, 5.41) is 8.85. The number of furan rings is 1. The molecule has 1 aromatic rings. The van der Waals surface area contributed by atoms with Crippen LogP contribution in [0, 0.1) is 0 Å². The van der Waals surface area contributed by atoms with Gasteiger partial charge in [0, 0.05) is 38.3 Å². The van der Waals surface area contributed by atoms with Crippen LogP contribution in [-0.4, -0.2) is 59.0 Å². The quantitative estimate of drug-likeness (QED) is 0.917. The third kappa shape index (κ3) is 2.95. The summed E-state index contributed by atoms with van der Waals surface area (Å²) in [5.74, 6) is -1.18. The maximum atomic E-state index is 12.3. The van der Waals surface area contributed by atoms with Gasteiger partial charge in [-0.1, -0.05) is 12.8 Å². The van der Waals surface area contributed by atoms with Gasteiger partial charge in [-0.25, -0.2) is 4.79 Å². The predicted molar refractivity (Wildman–Crippen MR) is 75.4 cm³/mol. The molecule has 21 heavy (non-hydrogen) atoms. The zero-order valence-corrected chi connectivity index (χ0v) is 12.0. The third-order valence-corrected chi connectivity index (χ3v) is 4.50. The second-order valence-corrected chi connectivity index (χ2v) is 5.77. The van der Waals surface area contributed by atoms with Crippen LogP contribution in [0.4, 0.5) is 0 Å². The monoisotopic (exact) mass is 292 g/mol. The Kier molecular flexibility index (Phi) is 3.96. The molecule has 1 aromatic heterocycles. The van der Waals surface area contributed by atoms with Crippen molar-refractivity contribution in [2.45, 2.75) is 31.7 Å². The fourth-order valence-corrected chi connectivity index (χ4v) is 3.28. The molecule has 0 atom stereocenters. The Morgan fingerprint density at radius 2 is 1.81 bits per heavy atom. The Hall–Kier alpha value is -1.82. The molecule has 0 radical (unpaired) electrons. The molecular formula is C15H20N2O4. The minimum Gasteiger partial charge on any atom is -0.478 e. The Balaban J connectivity index is 1.58. The van der Waals surface area contributed by atoms with Gasteiger partial charge in [0.1, 0.15) is 6.26 Å². The number of nitrogens with zero attached hydrogens (tertiary/aromatic N) is 2. The fraction of sp³-hybridized carbons (Fsp3) is 0.600. The molecule has 0 bridgehead atoms. The van der Waals surface area contributed by atoms with E-state index in [1.807, 2.05) is 0 Å². The van der Waals surface area contributed by atoms with Crippen LogP contribution < -0.4 is 0 Å². The Morgan fingerprint density at radius 3 is 2.38 bits per heavy atom. The smallest absolute Gasteiger partial charge is 0.338 e. The van der Waals surface area contributed by atoms with E-state index < -0.39 is 5.97 Å². The highest BCUT2D eigenvalue weighted by molar-refractivity contribution is 5.95. The van der Waals surface area contributed by atoms with E-state index >= 15 is 0 Å². The molecule has 1 saturated carbocycles. The van der Waals surface area contributed by atoms with Gasteiger partial charge in [0.05, 0.1) is 5.56 Å². The molecule has 2 aliphatic rings. The third-order valence-electron chi connectivity index (χ3n) is 4.50. The van der Waals surface area contributed by atoms with Crippen molar-refractivity contribution >= 4 is 11.9 Å². The summed E-state index contributed by atoms with van der Waals surface area (Å²) in [7, 11) is 0. The Labute approximate surface area is 123 Å². The first-order valence-corrected chi connectivity index (χ1v) is 7.50. The number of hydrogen-bond donors (Lipinski definition) is 1. The highest BCUT2D eigenvalue weighted by atomic mass is 16.4. The van der Waals surface area contributed by atoms with E-state index in [1.54, 1.807) is 4.90 Å². The number of rotatable bonds is 3. The van der Waals surface area contributed by atoms with Crippen LogP contribution in [0.2, 0.25) is 0 Å². The van der Waals surface area contributed by atoms with Gasteiger partial charge in [0.25, 0.3) is 5.91 Å². The fourth-order valence-electron chi connectivity index (χ4n) is 3.28. The van der Waals surface area contributed by atoms with Crippen molar-refractivity contribution in [3.63, 3.8) is 0 Å². The highest BCUT2D eigenvalue weighted by Gasteiger charge is 2.29. The van der Waals surface area contributed by atoms with E-state index in [9.17, 15) is 9.59 Å². The van der Waals surface area contributed by atoms with Crippen molar-refractivity contribution in [3.8, 4) is 0 Å². The maximum Gasteiger partial charge on any atom is 0.338 e. The van der Waals surface area contributed by atoms with Gasteiger partial charge in [-0.2, -0.15) is 0 Å². The highest BCUT2D eigenvalue weighted by Crippen LogP contribution is 2.24. The lowest BCUT2D eigenvalue weighted by Gasteiger charge is -2.37. The van der Waals surface area contributed by atoms with Crippen LogP contribution in [0.25, 0.3) is 0 Å². The average Bonchev–Trinajstić information content (AvgIpc) is 3.18. The summed E-state index contributed by atoms with van der Waals surface area (Å²) < 4.78 is 5.08. The molecule has 3 rings (SSSR count). The standard InChI is InChI=1S/C15H20N2O4/c18-14(13-9-11(10-21-13)15(19)20)17-7-5-16(6-8-17)12-3-1-2-4-12/h9-10,12H,1-8H2,(H,19,20). The number of aromatic carboxylic acids is 1. The van der Waals surface area contributed by atoms with Crippen LogP contribution in [0.5, 0.6) is 0 Å². The van der Waals surface area contributed by atoms with Crippen molar-refractivity contribution in [3.05, 3.63) is 23.7 Å². The lowest BCUT2D eigenvalue weighted by Crippen LogP contribution is -2.51. The van der Waals surface area contributed by atoms with E-state index in [-0.39, 0.29) is 17.2 Å². The van der Waals surface area contributed by atoms with Crippen LogP contribution in [-0.2, 0) is 0 Å². The predicted octanol–water partition coefficient (Wildman–Crippen LogP) is 1.68. The second kappa shape index (κ2) is 5.89. The van der Waals surface area contributed by atoms with Crippen molar-refractivity contribution in [1.29, 1.82) is 0 Å². The van der Waals surface area contributed by atoms with E-state index in [0.29, 0.717) is 19.1 Å². The molecule has 114 valence electrons. The number of hydrogen-bond acceptors (Lipinski definition) is 4. The number of carboxylic acids is 1. The molecule has 1 saturated heterocycles. The maximum absolute atomic E-state index is 12.3. The number of carbonyl (C=O) groups is 2. The summed E-state index contributed by atoms with van der Waals surface area (Å²) in [5.41, 5.74) is 0.0166. The van der Waals surface area contributed by atoms with Gasteiger partial charge < -0.3 is 14.4 Å². The zero-order chi connectivity index (χ0) is 14.8.